The Bertz CT molecular complexity index is 710. The summed E-state index contributed by atoms with van der Waals surface area (Å²) in [4.78, 5) is 2.88. The summed E-state index contributed by atoms with van der Waals surface area (Å²) in [5.74, 6) is -0.849. The van der Waals surface area contributed by atoms with Gasteiger partial charge < -0.3 is 5.32 Å². The lowest BCUT2D eigenvalue weighted by Gasteiger charge is -2.35. The van der Waals surface area contributed by atoms with Gasteiger partial charge in [0.2, 0.25) is 0 Å². The molecule has 8 heteroatoms. The molecule has 24 heavy (non-hydrogen) atoms. The molecule has 0 radical (unpaired) electrons. The second kappa shape index (κ2) is 7.00. The molecule has 1 aliphatic heterocycles. The largest absolute Gasteiger partial charge is 0.416 e. The SMILES string of the molecule is Fc1cc(C(F)(F)F)ccc1[C@@H](c1ccc(Cl)s1)N1CCNCC1. The molecule has 130 valence electrons. The molecule has 0 amide bonds. The summed E-state index contributed by atoms with van der Waals surface area (Å²) in [6.07, 6.45) is -4.56. The monoisotopic (exact) mass is 378 g/mol. The molecule has 1 saturated heterocycles. The molecule has 2 heterocycles. The highest BCUT2D eigenvalue weighted by Crippen LogP contribution is 2.38. The Hall–Kier alpha value is -1.15. The predicted molar refractivity (Wildman–Crippen MR) is 87.0 cm³/mol. The van der Waals surface area contributed by atoms with E-state index in [4.69, 9.17) is 11.6 Å². The predicted octanol–water partition coefficient (Wildman–Crippen LogP) is 4.55. The van der Waals surface area contributed by atoms with E-state index in [1.54, 1.807) is 12.1 Å². The van der Waals surface area contributed by atoms with Crippen molar-refractivity contribution in [2.24, 2.45) is 0 Å². The Morgan fingerprint density at radius 2 is 1.83 bits per heavy atom. The van der Waals surface area contributed by atoms with Crippen LogP contribution in [0.25, 0.3) is 0 Å². The number of rotatable bonds is 3. The van der Waals surface area contributed by atoms with Crippen LogP contribution >= 0.6 is 22.9 Å². The van der Waals surface area contributed by atoms with Crippen molar-refractivity contribution in [2.75, 3.05) is 26.2 Å². The summed E-state index contributed by atoms with van der Waals surface area (Å²) in [5, 5.41) is 3.21. The molecule has 2 aromatic rings. The van der Waals surface area contributed by atoms with E-state index in [1.807, 2.05) is 0 Å². The first-order valence-electron chi connectivity index (χ1n) is 7.43. The third kappa shape index (κ3) is 3.74. The van der Waals surface area contributed by atoms with Gasteiger partial charge in [0.25, 0.3) is 0 Å². The van der Waals surface area contributed by atoms with E-state index >= 15 is 0 Å². The van der Waals surface area contributed by atoms with Crippen molar-refractivity contribution >= 4 is 22.9 Å². The number of benzene rings is 1. The molecular weight excluding hydrogens is 364 g/mol. The third-order valence-corrected chi connectivity index (χ3v) is 5.29. The number of alkyl halides is 3. The van der Waals surface area contributed by atoms with Crippen molar-refractivity contribution in [1.29, 1.82) is 0 Å². The van der Waals surface area contributed by atoms with Crippen molar-refractivity contribution in [1.82, 2.24) is 10.2 Å². The molecule has 0 aliphatic carbocycles. The highest BCUT2D eigenvalue weighted by atomic mass is 35.5. The van der Waals surface area contributed by atoms with Gasteiger partial charge in [-0.05, 0) is 24.3 Å². The highest BCUT2D eigenvalue weighted by molar-refractivity contribution is 7.16. The van der Waals surface area contributed by atoms with E-state index < -0.39 is 23.6 Å². The highest BCUT2D eigenvalue weighted by Gasteiger charge is 2.33. The number of hydrogen-bond acceptors (Lipinski definition) is 3. The minimum absolute atomic E-state index is 0.239. The molecule has 0 saturated carbocycles. The summed E-state index contributed by atoms with van der Waals surface area (Å²) in [7, 11) is 0. The summed E-state index contributed by atoms with van der Waals surface area (Å²) >= 11 is 7.32. The standard InChI is InChI=1S/C16H15ClF4N2S/c17-14-4-3-13(24-14)15(23-7-5-22-6-8-23)11-2-1-10(9-12(11)18)16(19,20)21/h1-4,9,15,22H,5-8H2/t15-/m0/s1. The first-order chi connectivity index (χ1) is 11.4. The van der Waals surface area contributed by atoms with Gasteiger partial charge in [-0.2, -0.15) is 13.2 Å². The summed E-state index contributed by atoms with van der Waals surface area (Å²) in [5.41, 5.74) is -0.740. The van der Waals surface area contributed by atoms with Gasteiger partial charge in [0.05, 0.1) is 15.9 Å². The molecule has 0 bridgehead atoms. The Morgan fingerprint density at radius 1 is 1.12 bits per heavy atom. The maximum Gasteiger partial charge on any atom is 0.416 e. The number of nitrogens with one attached hydrogen (secondary N) is 1. The smallest absolute Gasteiger partial charge is 0.314 e. The van der Waals surface area contributed by atoms with Crippen LogP contribution in [0.1, 0.15) is 22.0 Å². The Balaban J connectivity index is 2.02. The van der Waals surface area contributed by atoms with Crippen molar-refractivity contribution in [3.63, 3.8) is 0 Å². The molecule has 1 N–H and O–H groups in total. The van der Waals surface area contributed by atoms with E-state index in [-0.39, 0.29) is 5.56 Å². The lowest BCUT2D eigenvalue weighted by Crippen LogP contribution is -2.45. The van der Waals surface area contributed by atoms with Crippen LogP contribution in [0.2, 0.25) is 4.34 Å². The van der Waals surface area contributed by atoms with Crippen LogP contribution in [0.5, 0.6) is 0 Å². The van der Waals surface area contributed by atoms with Gasteiger partial charge in [0.1, 0.15) is 5.82 Å². The lowest BCUT2D eigenvalue weighted by molar-refractivity contribution is -0.137. The van der Waals surface area contributed by atoms with Crippen molar-refractivity contribution < 1.29 is 17.6 Å². The van der Waals surface area contributed by atoms with Crippen LogP contribution in [-0.2, 0) is 6.18 Å². The first-order valence-corrected chi connectivity index (χ1v) is 8.62. The number of thiophene rings is 1. The third-order valence-electron chi connectivity index (χ3n) is 4.00. The van der Waals surface area contributed by atoms with E-state index in [1.165, 1.54) is 17.4 Å². The van der Waals surface area contributed by atoms with Gasteiger partial charge in [-0.3, -0.25) is 4.90 Å². The molecular formula is C16H15ClF4N2S. The van der Waals surface area contributed by atoms with Crippen LogP contribution < -0.4 is 5.32 Å². The normalized spacial score (nSPS) is 17.9. The topological polar surface area (TPSA) is 15.3 Å². The quantitative estimate of drug-likeness (QED) is 0.788. The Kier molecular flexibility index (Phi) is 5.15. The average molecular weight is 379 g/mol. The number of nitrogens with zero attached hydrogens (tertiary/aromatic N) is 1. The van der Waals surface area contributed by atoms with Crippen LogP contribution in [0, 0.1) is 5.82 Å². The molecule has 1 aromatic carbocycles. The zero-order chi connectivity index (χ0) is 17.3. The number of piperazine rings is 1. The molecule has 1 atom stereocenters. The molecule has 1 aromatic heterocycles. The average Bonchev–Trinajstić information content (AvgIpc) is 2.95. The van der Waals surface area contributed by atoms with Gasteiger partial charge in [-0.1, -0.05) is 17.7 Å². The molecule has 1 aliphatic rings. The zero-order valence-electron chi connectivity index (χ0n) is 12.5. The molecule has 1 fully saturated rings. The van der Waals surface area contributed by atoms with Crippen molar-refractivity contribution in [2.45, 2.75) is 12.2 Å². The fourth-order valence-corrected chi connectivity index (χ4v) is 4.09. The van der Waals surface area contributed by atoms with E-state index in [9.17, 15) is 17.6 Å². The fourth-order valence-electron chi connectivity index (χ4n) is 2.87. The van der Waals surface area contributed by atoms with Gasteiger partial charge in [-0.15, -0.1) is 11.3 Å². The fraction of sp³-hybridized carbons (Fsp3) is 0.375. The van der Waals surface area contributed by atoms with E-state index in [0.717, 1.165) is 24.0 Å². The van der Waals surface area contributed by atoms with Crippen LogP contribution in [0.4, 0.5) is 17.6 Å². The Morgan fingerprint density at radius 3 is 2.38 bits per heavy atom. The first kappa shape index (κ1) is 17.7. The second-order valence-corrected chi connectivity index (χ2v) is 7.31. The maximum absolute atomic E-state index is 14.5. The zero-order valence-corrected chi connectivity index (χ0v) is 14.1. The second-order valence-electron chi connectivity index (χ2n) is 5.56. The van der Waals surface area contributed by atoms with Gasteiger partial charge >= 0.3 is 6.18 Å². The van der Waals surface area contributed by atoms with Crippen LogP contribution in [0.3, 0.4) is 0 Å². The van der Waals surface area contributed by atoms with Crippen LogP contribution in [0.15, 0.2) is 30.3 Å². The van der Waals surface area contributed by atoms with Gasteiger partial charge in [0, 0.05) is 36.6 Å². The lowest BCUT2D eigenvalue weighted by atomic mass is 10.00. The van der Waals surface area contributed by atoms with Gasteiger partial charge in [0.15, 0.2) is 0 Å². The maximum atomic E-state index is 14.5. The minimum atomic E-state index is -4.56. The van der Waals surface area contributed by atoms with E-state index in [0.29, 0.717) is 23.5 Å². The van der Waals surface area contributed by atoms with Crippen LogP contribution in [-0.4, -0.2) is 31.1 Å². The van der Waals surface area contributed by atoms with Crippen molar-refractivity contribution in [3.05, 3.63) is 56.5 Å². The van der Waals surface area contributed by atoms with E-state index in [2.05, 4.69) is 10.2 Å². The Labute approximate surface area is 146 Å². The van der Waals surface area contributed by atoms with Gasteiger partial charge in [-0.25, -0.2) is 4.39 Å². The minimum Gasteiger partial charge on any atom is -0.314 e. The molecule has 0 unspecified atom stereocenters. The number of hydrogen-bond donors (Lipinski definition) is 1. The summed E-state index contributed by atoms with van der Waals surface area (Å²) in [6.45, 7) is 2.86. The number of halogens is 5. The summed E-state index contributed by atoms with van der Waals surface area (Å²) in [6, 6.07) is 5.82. The van der Waals surface area contributed by atoms with Crippen molar-refractivity contribution in [3.8, 4) is 0 Å². The molecule has 0 spiro atoms. The summed E-state index contributed by atoms with van der Waals surface area (Å²) < 4.78 is 53.4. The molecule has 2 nitrogen and oxygen atoms in total. The molecule has 3 rings (SSSR count).